The molecule has 0 aliphatic heterocycles. The molecule has 0 aliphatic carbocycles. The minimum atomic E-state index is -3.52. The minimum absolute atomic E-state index is 0.0978. The second-order valence-electron chi connectivity index (χ2n) is 4.40. The molecule has 8 heteroatoms. The van der Waals surface area contributed by atoms with Crippen molar-refractivity contribution in [2.24, 2.45) is 0 Å². The highest BCUT2D eigenvalue weighted by Gasteiger charge is 2.14. The van der Waals surface area contributed by atoms with Crippen molar-refractivity contribution in [2.45, 2.75) is 17.9 Å². The van der Waals surface area contributed by atoms with Crippen molar-refractivity contribution in [3.05, 3.63) is 45.9 Å². The molecule has 1 unspecified atom stereocenters. The summed E-state index contributed by atoms with van der Waals surface area (Å²) in [6.45, 7) is 2.80. The zero-order chi connectivity index (χ0) is 15.3. The molecule has 1 heterocycles. The van der Waals surface area contributed by atoms with E-state index in [2.05, 4.69) is 15.0 Å². The van der Waals surface area contributed by atoms with Crippen LogP contribution in [0.1, 0.15) is 18.0 Å². The summed E-state index contributed by atoms with van der Waals surface area (Å²) in [5, 5.41) is 6.50. The molecule has 5 nitrogen and oxygen atoms in total. The van der Waals surface area contributed by atoms with Gasteiger partial charge in [-0.25, -0.2) is 18.1 Å². The van der Waals surface area contributed by atoms with E-state index in [-0.39, 0.29) is 10.9 Å². The maximum Gasteiger partial charge on any atom is 0.240 e. The zero-order valence-electron chi connectivity index (χ0n) is 11.4. The highest BCUT2D eigenvalue weighted by atomic mass is 35.5. The lowest BCUT2D eigenvalue weighted by Crippen LogP contribution is -2.33. The highest BCUT2D eigenvalue weighted by molar-refractivity contribution is 7.89. The number of hydrogen-bond donors (Lipinski definition) is 2. The van der Waals surface area contributed by atoms with Crippen molar-refractivity contribution in [3.63, 3.8) is 0 Å². The van der Waals surface area contributed by atoms with Crippen LogP contribution in [0.15, 0.2) is 40.7 Å². The van der Waals surface area contributed by atoms with Crippen molar-refractivity contribution in [1.29, 1.82) is 0 Å². The summed E-state index contributed by atoms with van der Waals surface area (Å²) in [5.74, 6) is 0. The third-order valence-corrected chi connectivity index (χ3v) is 5.45. The fraction of sp³-hybridized carbons (Fsp3) is 0.308. The number of benzene rings is 1. The van der Waals surface area contributed by atoms with E-state index in [1.165, 1.54) is 12.1 Å². The van der Waals surface area contributed by atoms with Gasteiger partial charge in [0.1, 0.15) is 5.01 Å². The molecule has 0 bridgehead atoms. The van der Waals surface area contributed by atoms with Crippen LogP contribution in [0.4, 0.5) is 0 Å². The summed E-state index contributed by atoms with van der Waals surface area (Å²) in [6.07, 6.45) is 1.75. The summed E-state index contributed by atoms with van der Waals surface area (Å²) in [4.78, 5) is 4.37. The monoisotopic (exact) mass is 345 g/mol. The average molecular weight is 346 g/mol. The second-order valence-corrected chi connectivity index (χ2v) is 7.53. The first kappa shape index (κ1) is 16.4. The van der Waals surface area contributed by atoms with Crippen LogP contribution in [0, 0.1) is 0 Å². The first-order valence-corrected chi connectivity index (χ1v) is 9.11. The Morgan fingerprint density at radius 1 is 1.38 bits per heavy atom. The molecule has 2 aromatic rings. The molecule has 1 aromatic heterocycles. The van der Waals surface area contributed by atoms with Crippen LogP contribution >= 0.6 is 22.9 Å². The predicted octanol–water partition coefficient (Wildman–Crippen LogP) is 2.43. The quantitative estimate of drug-likeness (QED) is 0.756. The molecule has 2 rings (SSSR count). The largest absolute Gasteiger partial charge is 0.307 e. The molecule has 1 atom stereocenters. The van der Waals surface area contributed by atoms with E-state index in [0.717, 1.165) is 5.01 Å². The van der Waals surface area contributed by atoms with Crippen LogP contribution in [0.3, 0.4) is 0 Å². The summed E-state index contributed by atoms with van der Waals surface area (Å²) in [7, 11) is -3.52. The lowest BCUT2D eigenvalue weighted by molar-refractivity contribution is 0.552. The minimum Gasteiger partial charge on any atom is -0.307 e. The SMILES string of the molecule is CC(NCCNS(=O)(=O)c1cccc(Cl)c1)c1nccs1. The molecule has 0 saturated heterocycles. The third kappa shape index (κ3) is 4.76. The van der Waals surface area contributed by atoms with Crippen LogP contribution < -0.4 is 10.0 Å². The number of sulfonamides is 1. The Labute approximate surface area is 133 Å². The van der Waals surface area contributed by atoms with Gasteiger partial charge in [0.25, 0.3) is 0 Å². The van der Waals surface area contributed by atoms with Crippen LogP contribution in [0.5, 0.6) is 0 Å². The van der Waals surface area contributed by atoms with Crippen molar-refractivity contribution in [3.8, 4) is 0 Å². The van der Waals surface area contributed by atoms with Gasteiger partial charge in [-0.1, -0.05) is 17.7 Å². The Morgan fingerprint density at radius 2 is 2.19 bits per heavy atom. The molecular formula is C13H16ClN3O2S2. The Kier molecular flexibility index (Phi) is 5.72. The van der Waals surface area contributed by atoms with E-state index < -0.39 is 10.0 Å². The summed E-state index contributed by atoms with van der Waals surface area (Å²) < 4.78 is 26.6. The first-order valence-electron chi connectivity index (χ1n) is 6.37. The van der Waals surface area contributed by atoms with E-state index in [0.29, 0.717) is 18.1 Å². The van der Waals surface area contributed by atoms with Gasteiger partial charge < -0.3 is 5.32 Å². The van der Waals surface area contributed by atoms with E-state index in [1.54, 1.807) is 29.7 Å². The Hall–Kier alpha value is -0.990. The van der Waals surface area contributed by atoms with Gasteiger partial charge in [-0.05, 0) is 25.1 Å². The molecule has 1 aromatic carbocycles. The number of thiazole rings is 1. The smallest absolute Gasteiger partial charge is 0.240 e. The van der Waals surface area contributed by atoms with E-state index in [4.69, 9.17) is 11.6 Å². The van der Waals surface area contributed by atoms with Crippen molar-refractivity contribution in [1.82, 2.24) is 15.0 Å². The molecule has 0 fully saturated rings. The normalized spacial score (nSPS) is 13.2. The Bertz CT molecular complexity index is 674. The van der Waals surface area contributed by atoms with Crippen molar-refractivity contribution >= 4 is 33.0 Å². The maximum absolute atomic E-state index is 12.0. The maximum atomic E-state index is 12.0. The molecule has 0 saturated carbocycles. The van der Waals surface area contributed by atoms with Gasteiger partial charge in [0.15, 0.2) is 0 Å². The zero-order valence-corrected chi connectivity index (χ0v) is 13.8. The van der Waals surface area contributed by atoms with Crippen LogP contribution in [-0.4, -0.2) is 26.5 Å². The summed E-state index contributed by atoms with van der Waals surface area (Å²) in [6, 6.07) is 6.29. The van der Waals surface area contributed by atoms with Gasteiger partial charge in [-0.15, -0.1) is 11.3 Å². The van der Waals surface area contributed by atoms with Gasteiger partial charge in [-0.2, -0.15) is 0 Å². The van der Waals surface area contributed by atoms with E-state index >= 15 is 0 Å². The van der Waals surface area contributed by atoms with Crippen LogP contribution in [0.2, 0.25) is 5.02 Å². The van der Waals surface area contributed by atoms with Crippen LogP contribution in [-0.2, 0) is 10.0 Å². The third-order valence-electron chi connectivity index (χ3n) is 2.80. The van der Waals surface area contributed by atoms with E-state index in [9.17, 15) is 8.42 Å². The lowest BCUT2D eigenvalue weighted by Gasteiger charge is -2.12. The number of halogens is 1. The average Bonchev–Trinajstić information content (AvgIpc) is 2.97. The molecule has 0 spiro atoms. The number of rotatable bonds is 7. The molecule has 114 valence electrons. The number of nitrogens with one attached hydrogen (secondary N) is 2. The number of nitrogens with zero attached hydrogens (tertiary/aromatic N) is 1. The molecule has 0 aliphatic rings. The van der Waals surface area contributed by atoms with Gasteiger partial charge >= 0.3 is 0 Å². The van der Waals surface area contributed by atoms with Crippen molar-refractivity contribution < 1.29 is 8.42 Å². The Balaban J connectivity index is 1.83. The molecule has 2 N–H and O–H groups in total. The van der Waals surface area contributed by atoms with Crippen LogP contribution in [0.25, 0.3) is 0 Å². The highest BCUT2D eigenvalue weighted by Crippen LogP contribution is 2.15. The van der Waals surface area contributed by atoms with Gasteiger partial charge in [0, 0.05) is 29.7 Å². The molecular weight excluding hydrogens is 330 g/mol. The van der Waals surface area contributed by atoms with Crippen molar-refractivity contribution in [2.75, 3.05) is 13.1 Å². The van der Waals surface area contributed by atoms with Gasteiger partial charge in [0.2, 0.25) is 10.0 Å². The van der Waals surface area contributed by atoms with E-state index in [1.807, 2.05) is 12.3 Å². The standard InChI is InChI=1S/C13H16ClN3O2S2/c1-10(13-16-7-8-20-13)15-5-6-17-21(18,19)12-4-2-3-11(14)9-12/h2-4,7-10,15,17H,5-6H2,1H3. The number of hydrogen-bond acceptors (Lipinski definition) is 5. The fourth-order valence-corrected chi connectivity index (χ4v) is 3.73. The second kappa shape index (κ2) is 7.33. The topological polar surface area (TPSA) is 71.1 Å². The van der Waals surface area contributed by atoms with Gasteiger partial charge in [0.05, 0.1) is 10.9 Å². The summed E-state index contributed by atoms with van der Waals surface area (Å²) in [5.41, 5.74) is 0. The fourth-order valence-electron chi connectivity index (χ4n) is 1.73. The molecule has 0 amide bonds. The molecule has 21 heavy (non-hydrogen) atoms. The Morgan fingerprint density at radius 3 is 2.86 bits per heavy atom. The summed E-state index contributed by atoms with van der Waals surface area (Å²) >= 11 is 7.37. The lowest BCUT2D eigenvalue weighted by atomic mass is 10.3. The first-order chi connectivity index (χ1) is 9.99. The molecule has 0 radical (unpaired) electrons. The number of aromatic nitrogens is 1. The predicted molar refractivity (Wildman–Crippen MR) is 85.2 cm³/mol. The van der Waals surface area contributed by atoms with Gasteiger partial charge in [-0.3, -0.25) is 0 Å².